The Bertz CT molecular complexity index is 1160. The molecule has 4 rings (SSSR count). The Balaban J connectivity index is 1.46. The number of carbonyl (C=O) groups is 1. The molecule has 0 unspecified atom stereocenters. The van der Waals surface area contributed by atoms with E-state index >= 15 is 0 Å². The maximum absolute atomic E-state index is 12.4. The lowest BCUT2D eigenvalue weighted by Gasteiger charge is -2.10. The van der Waals surface area contributed by atoms with Crippen molar-refractivity contribution in [3.05, 3.63) is 89.4 Å². The van der Waals surface area contributed by atoms with Crippen molar-refractivity contribution < 1.29 is 4.79 Å². The maximum Gasteiger partial charge on any atom is 0.224 e. The average molecular weight is 399 g/mol. The standard InChI is InChI=1S/C25H26N4O/c1-18-12-14-20(15-13-18)17-29-23(27-22-9-6-16-26-25(22)29)10-5-11-24(30)28-21-8-4-3-7-19(21)2/h3-4,6-9,12-16H,5,10-11,17H2,1-2H3,(H,28,30). The molecule has 0 bridgehead atoms. The van der Waals surface area contributed by atoms with Crippen LogP contribution < -0.4 is 5.32 Å². The fourth-order valence-electron chi connectivity index (χ4n) is 3.57. The van der Waals surface area contributed by atoms with Crippen LogP contribution in [-0.2, 0) is 17.8 Å². The first-order chi connectivity index (χ1) is 14.6. The van der Waals surface area contributed by atoms with E-state index in [0.717, 1.165) is 47.6 Å². The molecule has 1 amide bonds. The molecule has 0 radical (unpaired) electrons. The second-order valence-corrected chi connectivity index (χ2v) is 7.66. The second kappa shape index (κ2) is 8.91. The van der Waals surface area contributed by atoms with Gasteiger partial charge in [0.25, 0.3) is 0 Å². The molecule has 2 heterocycles. The van der Waals surface area contributed by atoms with Gasteiger partial charge in [-0.3, -0.25) is 4.79 Å². The highest BCUT2D eigenvalue weighted by molar-refractivity contribution is 5.91. The van der Waals surface area contributed by atoms with Crippen LogP contribution in [0.3, 0.4) is 0 Å². The van der Waals surface area contributed by atoms with E-state index in [1.165, 1.54) is 11.1 Å². The Kier molecular flexibility index (Phi) is 5.89. The number of hydrogen-bond acceptors (Lipinski definition) is 3. The van der Waals surface area contributed by atoms with Gasteiger partial charge >= 0.3 is 0 Å². The number of rotatable bonds is 7. The van der Waals surface area contributed by atoms with E-state index in [2.05, 4.69) is 46.1 Å². The van der Waals surface area contributed by atoms with E-state index in [1.54, 1.807) is 6.20 Å². The number of hydrogen-bond donors (Lipinski definition) is 1. The second-order valence-electron chi connectivity index (χ2n) is 7.66. The monoisotopic (exact) mass is 398 g/mol. The minimum atomic E-state index is 0.0311. The first kappa shape index (κ1) is 19.8. The molecule has 0 aliphatic rings. The van der Waals surface area contributed by atoms with Gasteiger partial charge in [0, 0.05) is 24.7 Å². The Morgan fingerprint density at radius 2 is 1.80 bits per heavy atom. The van der Waals surface area contributed by atoms with Crippen molar-refractivity contribution in [2.45, 2.75) is 39.7 Å². The molecule has 0 atom stereocenters. The summed E-state index contributed by atoms with van der Waals surface area (Å²) in [6.45, 7) is 4.81. The molecule has 2 aromatic carbocycles. The van der Waals surface area contributed by atoms with Crippen LogP contribution in [0.5, 0.6) is 0 Å². The van der Waals surface area contributed by atoms with E-state index in [0.29, 0.717) is 6.42 Å². The number of fused-ring (bicyclic) bond motifs is 1. The van der Waals surface area contributed by atoms with Crippen molar-refractivity contribution in [3.8, 4) is 0 Å². The molecule has 30 heavy (non-hydrogen) atoms. The Labute approximate surface area is 176 Å². The van der Waals surface area contributed by atoms with Crippen molar-refractivity contribution in [2.24, 2.45) is 0 Å². The topological polar surface area (TPSA) is 59.8 Å². The summed E-state index contributed by atoms with van der Waals surface area (Å²) in [5, 5.41) is 3.00. The van der Waals surface area contributed by atoms with Crippen LogP contribution in [0.1, 0.15) is 35.4 Å². The normalized spacial score (nSPS) is 11.0. The zero-order valence-electron chi connectivity index (χ0n) is 17.4. The number of carbonyl (C=O) groups excluding carboxylic acids is 1. The van der Waals surface area contributed by atoms with Crippen molar-refractivity contribution in [2.75, 3.05) is 5.32 Å². The third-order valence-electron chi connectivity index (χ3n) is 5.27. The largest absolute Gasteiger partial charge is 0.326 e. The van der Waals surface area contributed by atoms with Gasteiger partial charge in [-0.2, -0.15) is 0 Å². The van der Waals surface area contributed by atoms with Crippen LogP contribution in [0.2, 0.25) is 0 Å². The van der Waals surface area contributed by atoms with Gasteiger partial charge in [0.2, 0.25) is 5.91 Å². The van der Waals surface area contributed by atoms with Crippen molar-refractivity contribution in [1.29, 1.82) is 0 Å². The summed E-state index contributed by atoms with van der Waals surface area (Å²) in [5.41, 5.74) is 6.17. The predicted molar refractivity (Wildman–Crippen MR) is 121 cm³/mol. The molecule has 5 nitrogen and oxygen atoms in total. The number of amides is 1. The molecule has 0 fully saturated rings. The number of aromatic nitrogens is 3. The van der Waals surface area contributed by atoms with Gasteiger partial charge in [0.15, 0.2) is 5.65 Å². The predicted octanol–water partition coefficient (Wildman–Crippen LogP) is 5.06. The number of para-hydroxylation sites is 1. The number of nitrogens with one attached hydrogen (secondary N) is 1. The van der Waals surface area contributed by atoms with Gasteiger partial charge in [-0.1, -0.05) is 48.0 Å². The highest BCUT2D eigenvalue weighted by atomic mass is 16.1. The molecule has 5 heteroatoms. The minimum Gasteiger partial charge on any atom is -0.326 e. The third kappa shape index (κ3) is 4.57. The Hall–Kier alpha value is -3.47. The first-order valence-corrected chi connectivity index (χ1v) is 10.3. The molecular formula is C25H26N4O. The molecule has 0 aliphatic heterocycles. The highest BCUT2D eigenvalue weighted by Crippen LogP contribution is 2.19. The summed E-state index contributed by atoms with van der Waals surface area (Å²) in [6.07, 6.45) is 3.71. The number of anilines is 1. The smallest absolute Gasteiger partial charge is 0.224 e. The maximum atomic E-state index is 12.4. The first-order valence-electron chi connectivity index (χ1n) is 10.3. The number of pyridine rings is 1. The minimum absolute atomic E-state index is 0.0311. The van der Waals surface area contributed by atoms with Crippen LogP contribution >= 0.6 is 0 Å². The lowest BCUT2D eigenvalue weighted by Crippen LogP contribution is -2.13. The average Bonchev–Trinajstić information content (AvgIpc) is 3.09. The summed E-state index contributed by atoms with van der Waals surface area (Å²) < 4.78 is 2.17. The molecule has 1 N–H and O–H groups in total. The lowest BCUT2D eigenvalue weighted by atomic mass is 10.1. The van der Waals surface area contributed by atoms with Gasteiger partial charge in [-0.15, -0.1) is 0 Å². The number of nitrogens with zero attached hydrogens (tertiary/aromatic N) is 3. The third-order valence-corrected chi connectivity index (χ3v) is 5.27. The quantitative estimate of drug-likeness (QED) is 0.473. The Morgan fingerprint density at radius 3 is 2.60 bits per heavy atom. The van der Waals surface area contributed by atoms with Crippen molar-refractivity contribution in [1.82, 2.24) is 14.5 Å². The van der Waals surface area contributed by atoms with E-state index in [4.69, 9.17) is 4.98 Å². The van der Waals surface area contributed by atoms with Crippen molar-refractivity contribution >= 4 is 22.8 Å². The van der Waals surface area contributed by atoms with E-state index in [1.807, 2.05) is 43.3 Å². The fourth-order valence-corrected chi connectivity index (χ4v) is 3.57. The zero-order valence-corrected chi connectivity index (χ0v) is 17.4. The molecule has 0 saturated carbocycles. The number of aryl methyl sites for hydroxylation is 3. The van der Waals surface area contributed by atoms with Gasteiger partial charge in [-0.25, -0.2) is 9.97 Å². The number of benzene rings is 2. The highest BCUT2D eigenvalue weighted by Gasteiger charge is 2.13. The summed E-state index contributed by atoms with van der Waals surface area (Å²) in [4.78, 5) is 21.7. The Morgan fingerprint density at radius 1 is 1.00 bits per heavy atom. The van der Waals surface area contributed by atoms with E-state index in [9.17, 15) is 4.79 Å². The van der Waals surface area contributed by atoms with Crippen molar-refractivity contribution in [3.63, 3.8) is 0 Å². The van der Waals surface area contributed by atoms with Gasteiger partial charge in [0.1, 0.15) is 11.3 Å². The molecule has 4 aromatic rings. The lowest BCUT2D eigenvalue weighted by molar-refractivity contribution is -0.116. The van der Waals surface area contributed by atoms with Crippen LogP contribution in [0.4, 0.5) is 5.69 Å². The summed E-state index contributed by atoms with van der Waals surface area (Å²) in [6, 6.07) is 20.3. The van der Waals surface area contributed by atoms with Crippen LogP contribution in [0, 0.1) is 13.8 Å². The van der Waals surface area contributed by atoms with Gasteiger partial charge in [0.05, 0.1) is 6.54 Å². The van der Waals surface area contributed by atoms with E-state index in [-0.39, 0.29) is 5.91 Å². The number of imidazole rings is 1. The molecule has 0 aliphatic carbocycles. The summed E-state index contributed by atoms with van der Waals surface area (Å²) >= 11 is 0. The SMILES string of the molecule is Cc1ccc(Cn2c(CCCC(=O)Nc3ccccc3C)nc3cccnc32)cc1. The summed E-state index contributed by atoms with van der Waals surface area (Å²) in [5.74, 6) is 0.997. The molecular weight excluding hydrogens is 372 g/mol. The molecule has 2 aromatic heterocycles. The van der Waals surface area contributed by atoms with E-state index < -0.39 is 0 Å². The zero-order chi connectivity index (χ0) is 20.9. The van der Waals surface area contributed by atoms with Crippen LogP contribution in [-0.4, -0.2) is 20.4 Å². The molecule has 0 saturated heterocycles. The van der Waals surface area contributed by atoms with Crippen LogP contribution in [0.15, 0.2) is 66.9 Å². The van der Waals surface area contributed by atoms with Crippen LogP contribution in [0.25, 0.3) is 11.2 Å². The fraction of sp³-hybridized carbons (Fsp3) is 0.240. The van der Waals surface area contributed by atoms with Gasteiger partial charge < -0.3 is 9.88 Å². The van der Waals surface area contributed by atoms with Gasteiger partial charge in [-0.05, 0) is 49.6 Å². The molecule has 0 spiro atoms. The summed E-state index contributed by atoms with van der Waals surface area (Å²) in [7, 11) is 0. The molecule has 152 valence electrons.